The number of anilines is 1. The smallest absolute Gasteiger partial charge is 0.133 e. The first kappa shape index (κ1) is 17.2. The van der Waals surface area contributed by atoms with E-state index in [1.54, 1.807) is 6.07 Å². The summed E-state index contributed by atoms with van der Waals surface area (Å²) in [6.07, 6.45) is 3.29. The lowest BCUT2D eigenvalue weighted by atomic mass is 10.0. The quantitative estimate of drug-likeness (QED) is 0.440. The normalized spacial score (nSPS) is 13.9. The molecule has 1 aromatic heterocycles. The van der Waals surface area contributed by atoms with Gasteiger partial charge in [-0.15, -0.1) is 0 Å². The monoisotopic (exact) mass is 483 g/mol. The van der Waals surface area contributed by atoms with Crippen LogP contribution >= 0.6 is 45.8 Å². The van der Waals surface area contributed by atoms with Crippen LogP contribution in [-0.2, 0) is 6.42 Å². The Morgan fingerprint density at radius 2 is 1.92 bits per heavy atom. The van der Waals surface area contributed by atoms with Gasteiger partial charge in [0, 0.05) is 21.2 Å². The Hall–Kier alpha value is -1.24. The van der Waals surface area contributed by atoms with Crippen molar-refractivity contribution in [2.75, 3.05) is 11.9 Å². The summed E-state index contributed by atoms with van der Waals surface area (Å²) in [4.78, 5) is 0. The maximum absolute atomic E-state index is 6.47. The second-order valence-corrected chi connectivity index (χ2v) is 8.09. The molecular weight excluding hydrogens is 468 g/mol. The summed E-state index contributed by atoms with van der Waals surface area (Å²) < 4.78 is 3.10. The van der Waals surface area contributed by atoms with Crippen molar-refractivity contribution in [1.82, 2.24) is 9.78 Å². The largest absolute Gasteiger partial charge is 0.370 e. The fraction of sp³-hybridized carbons (Fsp3) is 0.211. The van der Waals surface area contributed by atoms with Crippen molar-refractivity contribution in [2.24, 2.45) is 0 Å². The molecule has 0 fully saturated rings. The minimum atomic E-state index is 0.523. The average Bonchev–Trinajstić information content (AvgIpc) is 2.79. The maximum atomic E-state index is 6.47. The molecule has 3 aromatic rings. The van der Waals surface area contributed by atoms with Crippen LogP contribution < -0.4 is 5.32 Å². The van der Waals surface area contributed by atoms with Crippen LogP contribution in [-0.4, -0.2) is 16.3 Å². The van der Waals surface area contributed by atoms with Crippen LogP contribution in [0.1, 0.15) is 18.4 Å². The van der Waals surface area contributed by atoms with Crippen molar-refractivity contribution >= 4 is 51.6 Å². The molecule has 0 bridgehead atoms. The Bertz CT molecular complexity index is 936. The van der Waals surface area contributed by atoms with Crippen molar-refractivity contribution in [3.05, 3.63) is 61.6 Å². The highest BCUT2D eigenvalue weighted by atomic mass is 127. The van der Waals surface area contributed by atoms with Gasteiger partial charge in [-0.2, -0.15) is 5.10 Å². The number of hydrogen-bond donors (Lipinski definition) is 1. The molecule has 25 heavy (non-hydrogen) atoms. The van der Waals surface area contributed by atoms with Crippen molar-refractivity contribution in [3.8, 4) is 16.9 Å². The summed E-state index contributed by atoms with van der Waals surface area (Å²) in [5.74, 6) is 1.02. The van der Waals surface area contributed by atoms with Gasteiger partial charge in [0.05, 0.1) is 21.4 Å². The Balaban J connectivity index is 1.95. The molecule has 4 rings (SSSR count). The molecule has 1 aliphatic heterocycles. The molecule has 0 saturated carbocycles. The highest BCUT2D eigenvalue weighted by Gasteiger charge is 2.23. The molecule has 3 nitrogen and oxygen atoms in total. The van der Waals surface area contributed by atoms with E-state index in [-0.39, 0.29) is 0 Å². The van der Waals surface area contributed by atoms with Gasteiger partial charge in [0.15, 0.2) is 0 Å². The summed E-state index contributed by atoms with van der Waals surface area (Å²) in [5, 5.41) is 9.52. The third kappa shape index (κ3) is 3.27. The van der Waals surface area contributed by atoms with E-state index in [9.17, 15) is 0 Å². The van der Waals surface area contributed by atoms with Crippen LogP contribution in [0.2, 0.25) is 10.0 Å². The van der Waals surface area contributed by atoms with Crippen molar-refractivity contribution in [1.29, 1.82) is 0 Å². The summed E-state index contributed by atoms with van der Waals surface area (Å²) in [6, 6.07) is 14.1. The molecule has 0 amide bonds. The van der Waals surface area contributed by atoms with Gasteiger partial charge in [0.2, 0.25) is 0 Å². The highest BCUT2D eigenvalue weighted by Crippen LogP contribution is 2.37. The zero-order chi connectivity index (χ0) is 17.4. The summed E-state index contributed by atoms with van der Waals surface area (Å²) in [5.41, 5.74) is 4.19. The molecular formula is C19H16Cl2IN3. The molecule has 2 aromatic carbocycles. The Kier molecular flexibility index (Phi) is 4.93. The lowest BCUT2D eigenvalue weighted by Gasteiger charge is -2.11. The zero-order valence-electron chi connectivity index (χ0n) is 13.4. The number of rotatable bonds is 2. The minimum Gasteiger partial charge on any atom is -0.370 e. The molecule has 0 atom stereocenters. The second-order valence-electron chi connectivity index (χ2n) is 6.05. The number of aromatic nitrogens is 2. The van der Waals surface area contributed by atoms with Gasteiger partial charge in [0.1, 0.15) is 5.82 Å². The van der Waals surface area contributed by atoms with Gasteiger partial charge in [-0.1, -0.05) is 41.4 Å². The number of fused-ring (bicyclic) bond motifs is 1. The number of nitrogens with zero attached hydrogens (tertiary/aromatic N) is 2. The van der Waals surface area contributed by atoms with E-state index in [4.69, 9.17) is 28.3 Å². The van der Waals surface area contributed by atoms with Crippen LogP contribution in [0.3, 0.4) is 0 Å². The number of nitrogens with one attached hydrogen (secondary N) is 1. The Labute approximate surface area is 170 Å². The SMILES string of the molecule is Clc1cccc(-n2nc(-c3cccc(I)c3)c3c2NCCCC3)c1Cl. The minimum absolute atomic E-state index is 0.523. The zero-order valence-corrected chi connectivity index (χ0v) is 17.1. The number of benzene rings is 2. The molecule has 0 radical (unpaired) electrons. The summed E-state index contributed by atoms with van der Waals surface area (Å²) >= 11 is 15.0. The first-order chi connectivity index (χ1) is 12.1. The molecule has 128 valence electrons. The maximum Gasteiger partial charge on any atom is 0.133 e. The fourth-order valence-electron chi connectivity index (χ4n) is 3.20. The topological polar surface area (TPSA) is 29.9 Å². The van der Waals surface area contributed by atoms with Gasteiger partial charge in [-0.3, -0.25) is 0 Å². The molecule has 1 N–H and O–H groups in total. The van der Waals surface area contributed by atoms with E-state index < -0.39 is 0 Å². The third-order valence-electron chi connectivity index (χ3n) is 4.39. The lowest BCUT2D eigenvalue weighted by molar-refractivity contribution is 0.780. The lowest BCUT2D eigenvalue weighted by Crippen LogP contribution is -2.07. The van der Waals surface area contributed by atoms with Crippen molar-refractivity contribution in [3.63, 3.8) is 0 Å². The van der Waals surface area contributed by atoms with E-state index in [2.05, 4.69) is 52.2 Å². The first-order valence-corrected chi connectivity index (χ1v) is 10.0. The number of hydrogen-bond acceptors (Lipinski definition) is 2. The van der Waals surface area contributed by atoms with E-state index in [0.29, 0.717) is 10.0 Å². The average molecular weight is 484 g/mol. The van der Waals surface area contributed by atoms with Crippen LogP contribution in [0, 0.1) is 3.57 Å². The standard InChI is InChI=1S/C19H16Cl2IN3/c20-15-8-4-9-16(17(15)21)25-19-14(7-1-2-10-23-19)18(24-25)12-5-3-6-13(22)11-12/h3-6,8-9,11,23H,1-2,7,10H2. The predicted molar refractivity (Wildman–Crippen MR) is 113 cm³/mol. The second kappa shape index (κ2) is 7.17. The third-order valence-corrected chi connectivity index (χ3v) is 5.87. The molecule has 6 heteroatoms. The van der Waals surface area contributed by atoms with E-state index in [0.717, 1.165) is 48.6 Å². The molecule has 2 heterocycles. The van der Waals surface area contributed by atoms with Crippen LogP contribution in [0.15, 0.2) is 42.5 Å². The molecule has 0 aliphatic carbocycles. The molecule has 0 spiro atoms. The van der Waals surface area contributed by atoms with Gasteiger partial charge in [0.25, 0.3) is 0 Å². The molecule has 0 unspecified atom stereocenters. The van der Waals surface area contributed by atoms with Crippen LogP contribution in [0.5, 0.6) is 0 Å². The van der Waals surface area contributed by atoms with E-state index in [1.165, 1.54) is 9.13 Å². The van der Waals surface area contributed by atoms with Gasteiger partial charge >= 0.3 is 0 Å². The Morgan fingerprint density at radius 3 is 2.76 bits per heavy atom. The fourth-order valence-corrected chi connectivity index (χ4v) is 4.12. The van der Waals surface area contributed by atoms with Crippen LogP contribution in [0.25, 0.3) is 16.9 Å². The first-order valence-electron chi connectivity index (χ1n) is 8.21. The number of halogens is 3. The van der Waals surface area contributed by atoms with E-state index in [1.807, 2.05) is 16.8 Å². The van der Waals surface area contributed by atoms with Crippen molar-refractivity contribution < 1.29 is 0 Å². The van der Waals surface area contributed by atoms with Gasteiger partial charge in [-0.05, 0) is 66.1 Å². The van der Waals surface area contributed by atoms with Gasteiger partial charge in [-0.25, -0.2) is 4.68 Å². The van der Waals surface area contributed by atoms with Crippen molar-refractivity contribution in [2.45, 2.75) is 19.3 Å². The predicted octanol–water partition coefficient (Wildman–Crippen LogP) is 6.20. The van der Waals surface area contributed by atoms with E-state index >= 15 is 0 Å². The Morgan fingerprint density at radius 1 is 1.08 bits per heavy atom. The molecule has 1 aliphatic rings. The van der Waals surface area contributed by atoms with Gasteiger partial charge < -0.3 is 5.32 Å². The molecule has 0 saturated heterocycles. The highest BCUT2D eigenvalue weighted by molar-refractivity contribution is 14.1. The summed E-state index contributed by atoms with van der Waals surface area (Å²) in [6.45, 7) is 0.933. The van der Waals surface area contributed by atoms with Crippen LogP contribution in [0.4, 0.5) is 5.82 Å². The summed E-state index contributed by atoms with van der Waals surface area (Å²) in [7, 11) is 0.